The molecule has 2 bridgehead atoms. The third-order valence-corrected chi connectivity index (χ3v) is 6.58. The largest absolute Gasteiger partial charge is 0.367 e. The lowest BCUT2D eigenvalue weighted by atomic mass is 9.63. The molecule has 1 aromatic rings. The van der Waals surface area contributed by atoms with Gasteiger partial charge in [-0.3, -0.25) is 14.5 Å². The lowest BCUT2D eigenvalue weighted by Crippen LogP contribution is -2.40. The van der Waals surface area contributed by atoms with Crippen molar-refractivity contribution < 1.29 is 9.59 Å². The van der Waals surface area contributed by atoms with Gasteiger partial charge in [0.15, 0.2) is 0 Å². The van der Waals surface area contributed by atoms with Gasteiger partial charge in [0.05, 0.1) is 18.5 Å². The number of aryl methyl sites for hydroxylation is 1. The van der Waals surface area contributed by atoms with Crippen molar-refractivity contribution in [1.82, 2.24) is 4.90 Å². The molecule has 3 fully saturated rings. The first-order valence-electron chi connectivity index (χ1n) is 9.06. The summed E-state index contributed by atoms with van der Waals surface area (Å²) in [5.74, 6) is 1.80. The molecule has 1 saturated heterocycles. The number of nitrogens with zero attached hydrogens (tertiary/aromatic N) is 1. The number of anilines is 1. The van der Waals surface area contributed by atoms with Gasteiger partial charge in [-0.2, -0.15) is 0 Å². The molecule has 4 nitrogen and oxygen atoms in total. The Morgan fingerprint density at radius 1 is 1.04 bits per heavy atom. The molecule has 2 saturated carbocycles. The van der Waals surface area contributed by atoms with Crippen LogP contribution in [0.15, 0.2) is 36.4 Å². The predicted molar refractivity (Wildman–Crippen MR) is 90.9 cm³/mol. The number of para-hydroxylation sites is 1. The van der Waals surface area contributed by atoms with Crippen LogP contribution in [0.5, 0.6) is 0 Å². The first kappa shape index (κ1) is 14.3. The molecule has 0 aromatic heterocycles. The van der Waals surface area contributed by atoms with E-state index in [0.717, 1.165) is 12.1 Å². The molecule has 24 heavy (non-hydrogen) atoms. The maximum atomic E-state index is 12.9. The molecule has 0 radical (unpaired) electrons. The summed E-state index contributed by atoms with van der Waals surface area (Å²) in [6.45, 7) is 2.40. The van der Waals surface area contributed by atoms with Crippen LogP contribution in [0.1, 0.15) is 18.9 Å². The molecule has 1 heterocycles. The summed E-state index contributed by atoms with van der Waals surface area (Å²) in [7, 11) is 0. The van der Waals surface area contributed by atoms with Crippen molar-refractivity contribution in [3.05, 3.63) is 42.0 Å². The molecule has 4 heteroatoms. The first-order valence-corrected chi connectivity index (χ1v) is 9.06. The van der Waals surface area contributed by atoms with Crippen molar-refractivity contribution in [1.29, 1.82) is 0 Å². The molecular formula is C20H22N2O2. The lowest BCUT2D eigenvalue weighted by molar-refractivity contribution is -0.139. The number of hydrogen-bond donors (Lipinski definition) is 1. The average molecular weight is 322 g/mol. The second-order valence-corrected chi connectivity index (χ2v) is 7.60. The number of likely N-dealkylation sites (tertiary alicyclic amines) is 1. The topological polar surface area (TPSA) is 49.4 Å². The van der Waals surface area contributed by atoms with Crippen LogP contribution in [0.2, 0.25) is 0 Å². The highest BCUT2D eigenvalue weighted by Crippen LogP contribution is 2.65. The fraction of sp³-hybridized carbons (Fsp3) is 0.500. The van der Waals surface area contributed by atoms with Crippen molar-refractivity contribution in [3.8, 4) is 0 Å². The third-order valence-electron chi connectivity index (χ3n) is 6.58. The minimum Gasteiger partial charge on any atom is -0.367 e. The van der Waals surface area contributed by atoms with Crippen LogP contribution in [-0.4, -0.2) is 23.4 Å². The van der Waals surface area contributed by atoms with E-state index in [1.165, 1.54) is 16.9 Å². The number of allylic oxidation sites excluding steroid dienone is 2. The summed E-state index contributed by atoms with van der Waals surface area (Å²) in [5, 5.41) is 3.31. The van der Waals surface area contributed by atoms with Crippen LogP contribution in [-0.2, 0) is 16.0 Å². The summed E-state index contributed by atoms with van der Waals surface area (Å²) in [6, 6.07) is 8.08. The van der Waals surface area contributed by atoms with E-state index in [4.69, 9.17) is 0 Å². The highest BCUT2D eigenvalue weighted by atomic mass is 16.2. The predicted octanol–water partition coefficient (Wildman–Crippen LogP) is 2.67. The van der Waals surface area contributed by atoms with Gasteiger partial charge in [-0.1, -0.05) is 37.3 Å². The number of carbonyl (C=O) groups excluding carboxylic acids is 2. The van der Waals surface area contributed by atoms with Gasteiger partial charge in [0.25, 0.3) is 0 Å². The smallest absolute Gasteiger partial charge is 0.235 e. The van der Waals surface area contributed by atoms with Crippen LogP contribution in [0.3, 0.4) is 0 Å². The van der Waals surface area contributed by atoms with Crippen molar-refractivity contribution >= 4 is 17.5 Å². The van der Waals surface area contributed by atoms with E-state index in [2.05, 4.69) is 30.5 Å². The van der Waals surface area contributed by atoms with Crippen LogP contribution in [0, 0.1) is 35.5 Å². The SMILES string of the molecule is CCc1ccccc1NCN1C(=O)[C@@H]2[C@@H]3C=C[C@H]([C@@H]4C[C@H]34)[C@H]2C1=O. The Kier molecular flexibility index (Phi) is 2.94. The fourth-order valence-corrected chi connectivity index (χ4v) is 5.34. The van der Waals surface area contributed by atoms with Gasteiger partial charge < -0.3 is 5.32 Å². The Balaban J connectivity index is 1.37. The Morgan fingerprint density at radius 3 is 2.29 bits per heavy atom. The first-order chi connectivity index (χ1) is 11.7. The van der Waals surface area contributed by atoms with Gasteiger partial charge in [0.1, 0.15) is 0 Å². The van der Waals surface area contributed by atoms with Crippen molar-refractivity contribution in [2.45, 2.75) is 19.8 Å². The van der Waals surface area contributed by atoms with Crippen LogP contribution in [0.25, 0.3) is 0 Å². The molecule has 1 aromatic carbocycles. The summed E-state index contributed by atoms with van der Waals surface area (Å²) < 4.78 is 0. The molecule has 1 aliphatic heterocycles. The summed E-state index contributed by atoms with van der Waals surface area (Å²) in [4.78, 5) is 27.3. The Hall–Kier alpha value is -2.10. The maximum absolute atomic E-state index is 12.9. The molecule has 5 aliphatic rings. The number of hydrogen-bond acceptors (Lipinski definition) is 3. The molecular weight excluding hydrogens is 300 g/mol. The Bertz CT molecular complexity index is 720. The number of nitrogens with one attached hydrogen (secondary N) is 1. The van der Waals surface area contributed by atoms with Gasteiger partial charge in [0.2, 0.25) is 11.8 Å². The normalized spacial score (nSPS) is 38.3. The van der Waals surface area contributed by atoms with Gasteiger partial charge in [-0.15, -0.1) is 0 Å². The van der Waals surface area contributed by atoms with Crippen molar-refractivity contribution in [2.75, 3.05) is 12.0 Å². The van der Waals surface area contributed by atoms with Gasteiger partial charge in [-0.25, -0.2) is 0 Å². The number of carbonyl (C=O) groups is 2. The minimum absolute atomic E-state index is 0.0381. The van der Waals surface area contributed by atoms with Crippen LogP contribution in [0.4, 0.5) is 5.69 Å². The molecule has 124 valence electrons. The highest BCUT2D eigenvalue weighted by molar-refractivity contribution is 6.06. The van der Waals surface area contributed by atoms with Crippen LogP contribution < -0.4 is 5.32 Å². The molecule has 4 aliphatic carbocycles. The fourth-order valence-electron chi connectivity index (χ4n) is 5.34. The van der Waals surface area contributed by atoms with Gasteiger partial charge >= 0.3 is 0 Å². The molecule has 1 N–H and O–H groups in total. The second kappa shape index (κ2) is 4.95. The highest BCUT2D eigenvalue weighted by Gasteiger charge is 2.66. The standard InChI is InChI=1S/C20H22N2O2/c1-2-11-5-3-4-6-16(11)21-10-22-19(23)17-12-7-8-13(15-9-14(12)15)18(17)20(22)24/h3-8,12-15,17-18,21H,2,9-10H2,1H3/t12-,13-,14-,15+,17-,18-/m1/s1. The summed E-state index contributed by atoms with van der Waals surface area (Å²) in [6.07, 6.45) is 6.56. The maximum Gasteiger partial charge on any atom is 0.235 e. The zero-order chi connectivity index (χ0) is 16.4. The minimum atomic E-state index is -0.0977. The van der Waals surface area contributed by atoms with Crippen molar-refractivity contribution in [3.63, 3.8) is 0 Å². The van der Waals surface area contributed by atoms with E-state index in [1.54, 1.807) is 0 Å². The monoisotopic (exact) mass is 322 g/mol. The third kappa shape index (κ3) is 1.80. The quantitative estimate of drug-likeness (QED) is 0.685. The molecule has 0 spiro atoms. The summed E-state index contributed by atoms with van der Waals surface area (Å²) in [5.41, 5.74) is 2.22. The molecule has 6 rings (SSSR count). The second-order valence-electron chi connectivity index (χ2n) is 7.60. The zero-order valence-electron chi connectivity index (χ0n) is 13.8. The van der Waals surface area contributed by atoms with E-state index in [1.807, 2.05) is 18.2 Å². The average Bonchev–Trinajstić information content (AvgIpc) is 3.39. The van der Waals surface area contributed by atoms with E-state index in [0.29, 0.717) is 23.7 Å². The molecule has 6 atom stereocenters. The zero-order valence-corrected chi connectivity index (χ0v) is 13.8. The Morgan fingerprint density at radius 2 is 1.67 bits per heavy atom. The van der Waals surface area contributed by atoms with E-state index >= 15 is 0 Å². The van der Waals surface area contributed by atoms with E-state index in [9.17, 15) is 9.59 Å². The number of imide groups is 1. The number of rotatable bonds is 4. The van der Waals surface area contributed by atoms with Gasteiger partial charge in [0, 0.05) is 5.69 Å². The van der Waals surface area contributed by atoms with E-state index in [-0.39, 0.29) is 30.3 Å². The molecule has 0 unspecified atom stereocenters. The number of amides is 2. The van der Waals surface area contributed by atoms with Crippen LogP contribution >= 0.6 is 0 Å². The van der Waals surface area contributed by atoms with Crippen molar-refractivity contribution in [2.24, 2.45) is 35.5 Å². The van der Waals surface area contributed by atoms with E-state index < -0.39 is 0 Å². The summed E-state index contributed by atoms with van der Waals surface area (Å²) >= 11 is 0. The lowest BCUT2D eigenvalue weighted by Gasteiger charge is -2.37. The Labute approximate surface area is 141 Å². The number of benzene rings is 1. The molecule has 2 amide bonds. The van der Waals surface area contributed by atoms with Gasteiger partial charge in [-0.05, 0) is 48.1 Å².